The van der Waals surface area contributed by atoms with Crippen LogP contribution in [0.15, 0.2) is 71.9 Å². The summed E-state index contributed by atoms with van der Waals surface area (Å²) in [6, 6.07) is 20.0. The summed E-state index contributed by atoms with van der Waals surface area (Å²) >= 11 is 0. The Morgan fingerprint density at radius 1 is 1.08 bits per heavy atom. The van der Waals surface area contributed by atoms with Gasteiger partial charge >= 0.3 is 0 Å². The summed E-state index contributed by atoms with van der Waals surface area (Å²) in [6.07, 6.45) is 0. The second-order valence-electron chi connectivity index (χ2n) is 6.03. The minimum Gasteiger partial charge on any atom is -0.374 e. The molecule has 0 aromatic heterocycles. The topological polar surface area (TPSA) is 41.6 Å². The number of benzene rings is 2. The van der Waals surface area contributed by atoms with Gasteiger partial charge in [0.2, 0.25) is 0 Å². The van der Waals surface area contributed by atoms with Crippen LogP contribution in [-0.2, 0) is 16.2 Å². The number of hydrogen-bond donors (Lipinski definition) is 1. The monoisotopic (exact) mass is 322 g/mol. The quantitative estimate of drug-likeness (QED) is 0.884. The van der Waals surface area contributed by atoms with E-state index in [4.69, 9.17) is 4.84 Å². The molecule has 24 heavy (non-hydrogen) atoms. The smallest absolute Gasteiger partial charge is 0.293 e. The minimum atomic E-state index is -0.105. The highest BCUT2D eigenvalue weighted by Gasteiger charge is 2.30. The lowest BCUT2D eigenvalue weighted by atomic mass is 10.1. The van der Waals surface area contributed by atoms with Crippen LogP contribution in [0.1, 0.15) is 31.0 Å². The zero-order valence-electron chi connectivity index (χ0n) is 14.0. The van der Waals surface area contributed by atoms with Crippen molar-refractivity contribution >= 4 is 5.91 Å². The highest BCUT2D eigenvalue weighted by Crippen LogP contribution is 2.22. The van der Waals surface area contributed by atoms with Crippen LogP contribution in [0.2, 0.25) is 0 Å². The van der Waals surface area contributed by atoms with Gasteiger partial charge in [0, 0.05) is 6.04 Å². The molecule has 1 unspecified atom stereocenters. The molecule has 0 bridgehead atoms. The van der Waals surface area contributed by atoms with Crippen molar-refractivity contribution in [3.8, 4) is 0 Å². The van der Waals surface area contributed by atoms with Gasteiger partial charge in [0.25, 0.3) is 5.91 Å². The highest BCUT2D eigenvalue weighted by atomic mass is 16.7. The van der Waals surface area contributed by atoms with E-state index in [0.717, 1.165) is 16.7 Å². The van der Waals surface area contributed by atoms with Crippen LogP contribution < -0.4 is 5.32 Å². The average Bonchev–Trinajstić information content (AvgIpc) is 2.89. The zero-order valence-corrected chi connectivity index (χ0v) is 14.0. The van der Waals surface area contributed by atoms with E-state index in [-0.39, 0.29) is 11.9 Å². The number of carbonyl (C=O) groups excluding carboxylic acids is 1. The molecule has 0 saturated carbocycles. The van der Waals surface area contributed by atoms with Gasteiger partial charge < -0.3 is 5.32 Å². The molecule has 1 N–H and O–H groups in total. The predicted molar refractivity (Wildman–Crippen MR) is 93.6 cm³/mol. The first kappa shape index (κ1) is 16.3. The van der Waals surface area contributed by atoms with E-state index < -0.39 is 0 Å². The summed E-state index contributed by atoms with van der Waals surface area (Å²) in [5.74, 6) is -0.105. The fourth-order valence-electron chi connectivity index (χ4n) is 2.73. The number of nitrogens with zero attached hydrogens (tertiary/aromatic N) is 1. The first-order valence-corrected chi connectivity index (χ1v) is 8.15. The first-order chi connectivity index (χ1) is 11.6. The van der Waals surface area contributed by atoms with Gasteiger partial charge in [-0.3, -0.25) is 9.63 Å². The third kappa shape index (κ3) is 3.66. The van der Waals surface area contributed by atoms with Gasteiger partial charge in [0.15, 0.2) is 0 Å². The van der Waals surface area contributed by atoms with Crippen molar-refractivity contribution in [3.05, 3.63) is 83.1 Å². The molecule has 2 aromatic rings. The van der Waals surface area contributed by atoms with E-state index in [0.29, 0.717) is 18.8 Å². The Hall–Kier alpha value is -2.59. The molecule has 3 rings (SSSR count). The maximum atomic E-state index is 12.6. The maximum Gasteiger partial charge on any atom is 0.293 e. The second-order valence-corrected chi connectivity index (χ2v) is 6.03. The van der Waals surface area contributed by atoms with Crippen molar-refractivity contribution in [1.29, 1.82) is 0 Å². The molecule has 124 valence electrons. The molecule has 0 radical (unpaired) electrons. The van der Waals surface area contributed by atoms with E-state index in [9.17, 15) is 4.79 Å². The molecule has 1 aliphatic rings. The van der Waals surface area contributed by atoms with E-state index in [1.807, 2.05) is 55.5 Å². The van der Waals surface area contributed by atoms with Gasteiger partial charge in [0.05, 0.1) is 6.54 Å². The molecule has 0 spiro atoms. The van der Waals surface area contributed by atoms with Gasteiger partial charge in [-0.05, 0) is 30.5 Å². The molecule has 1 heterocycles. The summed E-state index contributed by atoms with van der Waals surface area (Å²) in [6.45, 7) is 4.90. The van der Waals surface area contributed by atoms with Gasteiger partial charge in [0.1, 0.15) is 12.3 Å². The standard InChI is InChI=1S/C20H22N2O2/c1-15-13-22(24-14-17-9-5-3-6-10-17)20(23)19(15)21-16(2)18-11-7-4-8-12-18/h3-12,16,21H,13-14H2,1-2H3. The van der Waals surface area contributed by atoms with Gasteiger partial charge in [-0.25, -0.2) is 5.06 Å². The van der Waals surface area contributed by atoms with E-state index >= 15 is 0 Å². The third-order valence-corrected chi connectivity index (χ3v) is 4.14. The van der Waals surface area contributed by atoms with Crippen LogP contribution in [0.25, 0.3) is 0 Å². The molecule has 0 fully saturated rings. The van der Waals surface area contributed by atoms with E-state index in [1.165, 1.54) is 5.06 Å². The lowest BCUT2D eigenvalue weighted by Crippen LogP contribution is -2.31. The summed E-state index contributed by atoms with van der Waals surface area (Å²) in [7, 11) is 0. The van der Waals surface area contributed by atoms with Crippen molar-refractivity contribution in [3.63, 3.8) is 0 Å². The van der Waals surface area contributed by atoms with Gasteiger partial charge in [-0.15, -0.1) is 0 Å². The van der Waals surface area contributed by atoms with Crippen LogP contribution >= 0.6 is 0 Å². The Morgan fingerprint density at radius 2 is 1.71 bits per heavy atom. The lowest BCUT2D eigenvalue weighted by molar-refractivity contribution is -0.181. The van der Waals surface area contributed by atoms with E-state index in [1.54, 1.807) is 0 Å². The fourth-order valence-corrected chi connectivity index (χ4v) is 2.73. The number of amides is 1. The molecule has 4 nitrogen and oxygen atoms in total. The van der Waals surface area contributed by atoms with Crippen LogP contribution in [0.5, 0.6) is 0 Å². The number of carbonyl (C=O) groups is 1. The van der Waals surface area contributed by atoms with Crippen LogP contribution in [0.4, 0.5) is 0 Å². The summed E-state index contributed by atoms with van der Waals surface area (Å²) in [5, 5.41) is 4.76. The largest absolute Gasteiger partial charge is 0.374 e. The molecule has 4 heteroatoms. The number of nitrogens with one attached hydrogen (secondary N) is 1. The lowest BCUT2D eigenvalue weighted by Gasteiger charge is -2.19. The Morgan fingerprint density at radius 3 is 2.38 bits per heavy atom. The molecule has 1 atom stereocenters. The van der Waals surface area contributed by atoms with Gasteiger partial charge in [-0.1, -0.05) is 60.7 Å². The van der Waals surface area contributed by atoms with E-state index in [2.05, 4.69) is 24.4 Å². The van der Waals surface area contributed by atoms with Crippen LogP contribution in [0.3, 0.4) is 0 Å². The molecule has 0 saturated heterocycles. The summed E-state index contributed by atoms with van der Waals surface area (Å²) < 4.78 is 0. The van der Waals surface area contributed by atoms with Crippen molar-refractivity contribution in [2.45, 2.75) is 26.5 Å². The fraction of sp³-hybridized carbons (Fsp3) is 0.250. The number of hydrogen-bond acceptors (Lipinski definition) is 3. The summed E-state index contributed by atoms with van der Waals surface area (Å²) in [4.78, 5) is 18.3. The number of rotatable bonds is 6. The molecule has 0 aliphatic carbocycles. The molecule has 2 aromatic carbocycles. The molecule has 1 amide bonds. The Kier molecular flexibility index (Phi) is 4.96. The highest BCUT2D eigenvalue weighted by molar-refractivity contribution is 5.95. The molecule has 1 aliphatic heterocycles. The second kappa shape index (κ2) is 7.32. The minimum absolute atomic E-state index is 0.0640. The van der Waals surface area contributed by atoms with Crippen molar-refractivity contribution in [2.75, 3.05) is 6.54 Å². The SMILES string of the molecule is CC1=C(NC(C)c2ccccc2)C(=O)N(OCc2ccccc2)C1. The van der Waals surface area contributed by atoms with Gasteiger partial charge in [-0.2, -0.15) is 0 Å². The first-order valence-electron chi connectivity index (χ1n) is 8.15. The Balaban J connectivity index is 1.61. The van der Waals surface area contributed by atoms with Crippen LogP contribution in [0, 0.1) is 0 Å². The average molecular weight is 322 g/mol. The Bertz CT molecular complexity index is 726. The van der Waals surface area contributed by atoms with Crippen molar-refractivity contribution in [2.24, 2.45) is 0 Å². The normalized spacial score (nSPS) is 15.8. The van der Waals surface area contributed by atoms with Crippen molar-refractivity contribution in [1.82, 2.24) is 10.4 Å². The predicted octanol–water partition coefficient (Wildman–Crippen LogP) is 3.59. The maximum absolute atomic E-state index is 12.6. The summed E-state index contributed by atoms with van der Waals surface area (Å²) in [5.41, 5.74) is 3.83. The number of hydroxylamine groups is 2. The zero-order chi connectivity index (χ0) is 16.9. The molecular formula is C20H22N2O2. The molecular weight excluding hydrogens is 300 g/mol. The Labute approximate surface area is 142 Å². The van der Waals surface area contributed by atoms with Crippen LogP contribution in [-0.4, -0.2) is 17.5 Å². The van der Waals surface area contributed by atoms with Crippen molar-refractivity contribution < 1.29 is 9.63 Å². The third-order valence-electron chi connectivity index (χ3n) is 4.14.